The van der Waals surface area contributed by atoms with Gasteiger partial charge in [0.15, 0.2) is 0 Å². The van der Waals surface area contributed by atoms with E-state index in [0.717, 1.165) is 38.5 Å². The lowest BCUT2D eigenvalue weighted by molar-refractivity contribution is 0.206. The predicted octanol–water partition coefficient (Wildman–Crippen LogP) is 2.78. The van der Waals surface area contributed by atoms with E-state index < -0.39 is 0 Å². The Balaban J connectivity index is 1.40. The van der Waals surface area contributed by atoms with Crippen molar-refractivity contribution in [2.75, 3.05) is 56.7 Å². The first kappa shape index (κ1) is 18.7. The van der Waals surface area contributed by atoms with Crippen LogP contribution in [0.15, 0.2) is 48.7 Å². The lowest BCUT2D eigenvalue weighted by atomic mass is 10.1. The van der Waals surface area contributed by atoms with E-state index in [4.69, 9.17) is 4.74 Å². The molecule has 0 bridgehead atoms. The second-order valence-electron chi connectivity index (χ2n) is 7.01. The van der Waals surface area contributed by atoms with Gasteiger partial charge >= 0.3 is 0 Å². The monoisotopic (exact) mass is 354 g/mol. The van der Waals surface area contributed by atoms with Gasteiger partial charge < -0.3 is 19.9 Å². The van der Waals surface area contributed by atoms with Crippen LogP contribution in [0.3, 0.4) is 0 Å². The number of benzene rings is 1. The summed E-state index contributed by atoms with van der Waals surface area (Å²) in [7, 11) is 3.76. The van der Waals surface area contributed by atoms with Crippen LogP contribution in [0.1, 0.15) is 12.0 Å². The van der Waals surface area contributed by atoms with Crippen LogP contribution in [0.5, 0.6) is 0 Å². The Morgan fingerprint density at radius 2 is 2.08 bits per heavy atom. The molecule has 1 saturated heterocycles. The zero-order chi connectivity index (χ0) is 18.2. The summed E-state index contributed by atoms with van der Waals surface area (Å²) >= 11 is 0. The first-order valence-corrected chi connectivity index (χ1v) is 9.42. The first-order valence-electron chi connectivity index (χ1n) is 9.42. The molecule has 1 aliphatic rings. The molecule has 1 aliphatic heterocycles. The zero-order valence-corrected chi connectivity index (χ0v) is 15.9. The van der Waals surface area contributed by atoms with Crippen LogP contribution < -0.4 is 15.1 Å². The highest BCUT2D eigenvalue weighted by Crippen LogP contribution is 2.23. The highest BCUT2D eigenvalue weighted by Gasteiger charge is 2.22. The van der Waals surface area contributed by atoms with Gasteiger partial charge in [0.25, 0.3) is 0 Å². The van der Waals surface area contributed by atoms with Crippen molar-refractivity contribution in [3.05, 3.63) is 54.2 Å². The molecule has 1 fully saturated rings. The van der Waals surface area contributed by atoms with Crippen LogP contribution in [0, 0.1) is 5.92 Å². The number of hydrogen-bond acceptors (Lipinski definition) is 5. The standard InChI is InChI=1S/C21H30N4O/c1-24(12-13-26-2)21-9-8-18(16-23-21)14-22-15-19-10-11-25(17-19)20-6-4-3-5-7-20/h3-9,16,19,22H,10-15,17H2,1-2H3. The molecular formula is C21H30N4O. The molecule has 2 heterocycles. The number of nitrogens with zero attached hydrogens (tertiary/aromatic N) is 3. The van der Waals surface area contributed by atoms with E-state index in [1.165, 1.54) is 17.7 Å². The highest BCUT2D eigenvalue weighted by molar-refractivity contribution is 5.46. The minimum Gasteiger partial charge on any atom is -0.383 e. The van der Waals surface area contributed by atoms with Gasteiger partial charge in [0.2, 0.25) is 0 Å². The van der Waals surface area contributed by atoms with Crippen molar-refractivity contribution < 1.29 is 4.74 Å². The molecule has 2 aromatic rings. The van der Waals surface area contributed by atoms with E-state index in [-0.39, 0.29) is 0 Å². The third-order valence-electron chi connectivity index (χ3n) is 5.00. The van der Waals surface area contributed by atoms with Gasteiger partial charge in [0, 0.05) is 58.8 Å². The second-order valence-corrected chi connectivity index (χ2v) is 7.01. The minimum atomic E-state index is 0.711. The molecule has 5 heteroatoms. The number of ether oxygens (including phenoxy) is 1. The summed E-state index contributed by atoms with van der Waals surface area (Å²) in [6.07, 6.45) is 3.22. The fourth-order valence-electron chi connectivity index (χ4n) is 3.38. The maximum Gasteiger partial charge on any atom is 0.128 e. The predicted molar refractivity (Wildman–Crippen MR) is 108 cm³/mol. The molecule has 0 amide bonds. The van der Waals surface area contributed by atoms with E-state index in [1.54, 1.807) is 7.11 Å². The zero-order valence-electron chi connectivity index (χ0n) is 15.9. The van der Waals surface area contributed by atoms with E-state index >= 15 is 0 Å². The van der Waals surface area contributed by atoms with E-state index in [0.29, 0.717) is 12.5 Å². The van der Waals surface area contributed by atoms with Gasteiger partial charge in [-0.2, -0.15) is 0 Å². The molecule has 1 aromatic heterocycles. The molecule has 0 radical (unpaired) electrons. The lowest BCUT2D eigenvalue weighted by Crippen LogP contribution is -2.26. The van der Waals surface area contributed by atoms with E-state index in [1.807, 2.05) is 13.2 Å². The van der Waals surface area contributed by atoms with Gasteiger partial charge in [-0.3, -0.25) is 0 Å². The van der Waals surface area contributed by atoms with Crippen LogP contribution in [0.2, 0.25) is 0 Å². The third kappa shape index (κ3) is 5.19. The summed E-state index contributed by atoms with van der Waals surface area (Å²) < 4.78 is 5.11. The van der Waals surface area contributed by atoms with Crippen molar-refractivity contribution in [1.82, 2.24) is 10.3 Å². The quantitative estimate of drug-likeness (QED) is 0.750. The Labute approximate surface area is 157 Å². The van der Waals surface area contributed by atoms with Crippen LogP contribution in [0.4, 0.5) is 11.5 Å². The van der Waals surface area contributed by atoms with Crippen LogP contribution in [-0.2, 0) is 11.3 Å². The Bertz CT molecular complexity index is 647. The van der Waals surface area contributed by atoms with E-state index in [9.17, 15) is 0 Å². The molecular weight excluding hydrogens is 324 g/mol. The summed E-state index contributed by atoms with van der Waals surface area (Å²) in [6.45, 7) is 5.78. The Morgan fingerprint density at radius 1 is 1.23 bits per heavy atom. The largest absolute Gasteiger partial charge is 0.383 e. The van der Waals surface area contributed by atoms with Gasteiger partial charge in [0.05, 0.1) is 6.61 Å². The van der Waals surface area contributed by atoms with Gasteiger partial charge in [-0.1, -0.05) is 24.3 Å². The van der Waals surface area contributed by atoms with Crippen molar-refractivity contribution in [3.63, 3.8) is 0 Å². The van der Waals surface area contributed by atoms with Crippen molar-refractivity contribution in [2.24, 2.45) is 5.92 Å². The molecule has 0 spiro atoms. The summed E-state index contributed by atoms with van der Waals surface area (Å²) in [4.78, 5) is 9.15. The average molecular weight is 354 g/mol. The Hall–Kier alpha value is -2.11. The SMILES string of the molecule is COCCN(C)c1ccc(CNCC2CCN(c3ccccc3)C2)cn1. The highest BCUT2D eigenvalue weighted by atomic mass is 16.5. The molecule has 26 heavy (non-hydrogen) atoms. The maximum absolute atomic E-state index is 5.11. The van der Waals surface area contributed by atoms with Crippen LogP contribution in [0.25, 0.3) is 0 Å². The number of methoxy groups -OCH3 is 1. The first-order chi connectivity index (χ1) is 12.8. The van der Waals surface area contributed by atoms with Crippen molar-refractivity contribution in [1.29, 1.82) is 0 Å². The summed E-state index contributed by atoms with van der Waals surface area (Å²) in [5.74, 6) is 1.70. The summed E-state index contributed by atoms with van der Waals surface area (Å²) in [5.41, 5.74) is 2.57. The summed E-state index contributed by atoms with van der Waals surface area (Å²) in [5, 5.41) is 3.60. The molecule has 1 aromatic carbocycles. The second kappa shape index (κ2) is 9.55. The molecule has 5 nitrogen and oxygen atoms in total. The molecule has 1 N–H and O–H groups in total. The number of para-hydroxylation sites is 1. The van der Waals surface area contributed by atoms with Gasteiger partial charge in [0.1, 0.15) is 5.82 Å². The normalized spacial score (nSPS) is 16.8. The number of pyridine rings is 1. The van der Waals surface area contributed by atoms with Crippen molar-refractivity contribution >= 4 is 11.5 Å². The van der Waals surface area contributed by atoms with Crippen molar-refractivity contribution in [3.8, 4) is 0 Å². The Kier molecular flexibility index (Phi) is 6.86. The van der Waals surface area contributed by atoms with Crippen molar-refractivity contribution in [2.45, 2.75) is 13.0 Å². The van der Waals surface area contributed by atoms with Gasteiger partial charge in [-0.25, -0.2) is 4.98 Å². The smallest absolute Gasteiger partial charge is 0.128 e. The van der Waals surface area contributed by atoms with Crippen LogP contribution >= 0.6 is 0 Å². The molecule has 0 saturated carbocycles. The number of hydrogen-bond donors (Lipinski definition) is 1. The van der Waals surface area contributed by atoms with Crippen LogP contribution in [-0.4, -0.2) is 51.9 Å². The number of nitrogens with one attached hydrogen (secondary N) is 1. The molecule has 140 valence electrons. The molecule has 1 unspecified atom stereocenters. The summed E-state index contributed by atoms with van der Waals surface area (Å²) in [6, 6.07) is 14.9. The van der Waals surface area contributed by atoms with Gasteiger partial charge in [-0.05, 0) is 36.1 Å². The van der Waals surface area contributed by atoms with E-state index in [2.05, 4.69) is 62.6 Å². The molecule has 1 atom stereocenters. The molecule has 0 aliphatic carbocycles. The number of likely N-dealkylation sites (N-methyl/N-ethyl adjacent to an activating group) is 1. The molecule has 3 rings (SSSR count). The fraction of sp³-hybridized carbons (Fsp3) is 0.476. The third-order valence-corrected chi connectivity index (χ3v) is 5.00. The average Bonchev–Trinajstić information content (AvgIpc) is 3.16. The number of anilines is 2. The fourth-order valence-corrected chi connectivity index (χ4v) is 3.38. The number of aromatic nitrogens is 1. The maximum atomic E-state index is 5.11. The van der Waals surface area contributed by atoms with Gasteiger partial charge in [-0.15, -0.1) is 0 Å². The number of rotatable bonds is 9. The topological polar surface area (TPSA) is 40.6 Å². The Morgan fingerprint density at radius 3 is 2.81 bits per heavy atom. The minimum absolute atomic E-state index is 0.711. The lowest BCUT2D eigenvalue weighted by Gasteiger charge is -2.19.